The largest absolute Gasteiger partial charge is 0.497 e. The smallest absolute Gasteiger partial charge is 0.285 e. The van der Waals surface area contributed by atoms with E-state index in [2.05, 4.69) is 4.40 Å². The zero-order valence-electron chi connectivity index (χ0n) is 13.7. The fourth-order valence-electron chi connectivity index (χ4n) is 2.42. The molecule has 0 unspecified atom stereocenters. The maximum atomic E-state index is 12.6. The summed E-state index contributed by atoms with van der Waals surface area (Å²) in [5.74, 6) is 0.736. The number of aryl methyl sites for hydroxylation is 2. The lowest BCUT2D eigenvalue weighted by Gasteiger charge is -2.02. The van der Waals surface area contributed by atoms with Crippen molar-refractivity contribution < 1.29 is 13.2 Å². The van der Waals surface area contributed by atoms with Gasteiger partial charge < -0.3 is 9.30 Å². The number of fused-ring (bicyclic) bond motifs is 1. The molecule has 0 aliphatic carbocycles. The molecule has 0 amide bonds. The Morgan fingerprint density at radius 1 is 1.17 bits per heavy atom. The maximum absolute atomic E-state index is 12.6. The molecular formula is C17H18N2O3S2. The van der Waals surface area contributed by atoms with Gasteiger partial charge in [0, 0.05) is 6.54 Å². The lowest BCUT2D eigenvalue weighted by Crippen LogP contribution is -2.16. The number of ether oxygens (including phenoxy) is 1. The molecule has 3 rings (SSSR count). The Bertz CT molecular complexity index is 1050. The second kappa shape index (κ2) is 6.41. The van der Waals surface area contributed by atoms with E-state index in [1.165, 1.54) is 11.3 Å². The number of rotatable bonds is 4. The van der Waals surface area contributed by atoms with Crippen molar-refractivity contribution in [1.82, 2.24) is 4.57 Å². The predicted molar refractivity (Wildman–Crippen MR) is 96.0 cm³/mol. The van der Waals surface area contributed by atoms with Crippen LogP contribution >= 0.6 is 11.3 Å². The van der Waals surface area contributed by atoms with Crippen molar-refractivity contribution in [2.45, 2.75) is 25.3 Å². The first-order valence-electron chi connectivity index (χ1n) is 7.49. The van der Waals surface area contributed by atoms with Crippen LogP contribution in [0.4, 0.5) is 0 Å². The van der Waals surface area contributed by atoms with Gasteiger partial charge in [0.2, 0.25) is 4.80 Å². The average molecular weight is 362 g/mol. The Kier molecular flexibility index (Phi) is 4.47. The quantitative estimate of drug-likeness (QED) is 0.715. The van der Waals surface area contributed by atoms with Gasteiger partial charge in [0.05, 0.1) is 22.2 Å². The van der Waals surface area contributed by atoms with E-state index in [1.807, 2.05) is 36.6 Å². The van der Waals surface area contributed by atoms with Crippen molar-refractivity contribution in [3.8, 4) is 5.75 Å². The van der Waals surface area contributed by atoms with Crippen molar-refractivity contribution in [3.63, 3.8) is 0 Å². The summed E-state index contributed by atoms with van der Waals surface area (Å²) in [5.41, 5.74) is 1.95. The summed E-state index contributed by atoms with van der Waals surface area (Å²) in [6.45, 7) is 4.51. The average Bonchev–Trinajstić information content (AvgIpc) is 2.90. The summed E-state index contributed by atoms with van der Waals surface area (Å²) in [4.78, 5) is 0.659. The van der Waals surface area contributed by atoms with E-state index in [-0.39, 0.29) is 4.90 Å². The molecule has 0 saturated heterocycles. The zero-order chi connectivity index (χ0) is 17.3. The molecule has 7 heteroatoms. The molecule has 5 nitrogen and oxygen atoms in total. The van der Waals surface area contributed by atoms with Crippen molar-refractivity contribution >= 4 is 31.6 Å². The second-order valence-electron chi connectivity index (χ2n) is 5.34. The van der Waals surface area contributed by atoms with Crippen molar-refractivity contribution in [2.24, 2.45) is 4.40 Å². The van der Waals surface area contributed by atoms with E-state index in [4.69, 9.17) is 4.74 Å². The number of methoxy groups -OCH3 is 1. The highest BCUT2D eigenvalue weighted by molar-refractivity contribution is 7.90. The standard InChI is InChI=1S/C17H18N2O3S2/c1-4-19-15-10-7-13(22-3)11-16(15)23-17(19)18-24(20,21)14-8-5-12(2)6-9-14/h5-11H,4H2,1-3H3. The third-order valence-electron chi connectivity index (χ3n) is 3.72. The number of aromatic nitrogens is 1. The van der Waals surface area contributed by atoms with Crippen LogP contribution in [-0.4, -0.2) is 20.1 Å². The number of nitrogens with zero attached hydrogens (tertiary/aromatic N) is 2. The van der Waals surface area contributed by atoms with Gasteiger partial charge in [-0.25, -0.2) is 0 Å². The molecule has 1 heterocycles. The molecule has 0 fully saturated rings. The third kappa shape index (κ3) is 3.09. The molecule has 1 aromatic heterocycles. The zero-order valence-corrected chi connectivity index (χ0v) is 15.3. The molecular weight excluding hydrogens is 344 g/mol. The Hall–Kier alpha value is -2.12. The Balaban J connectivity index is 2.20. The summed E-state index contributed by atoms with van der Waals surface area (Å²) in [6.07, 6.45) is 0. The van der Waals surface area contributed by atoms with Crippen LogP contribution < -0.4 is 9.54 Å². The molecule has 0 saturated carbocycles. The first-order valence-corrected chi connectivity index (χ1v) is 9.75. The van der Waals surface area contributed by atoms with Gasteiger partial charge in [-0.1, -0.05) is 29.0 Å². The number of hydrogen-bond donors (Lipinski definition) is 0. The maximum Gasteiger partial charge on any atom is 0.285 e. The molecule has 0 bridgehead atoms. The second-order valence-corrected chi connectivity index (χ2v) is 7.96. The van der Waals surface area contributed by atoms with Gasteiger partial charge in [-0.15, -0.1) is 4.40 Å². The summed E-state index contributed by atoms with van der Waals surface area (Å²) in [5, 5.41) is 0. The Morgan fingerprint density at radius 3 is 2.50 bits per heavy atom. The van der Waals surface area contributed by atoms with Gasteiger partial charge in [-0.05, 0) is 44.2 Å². The van der Waals surface area contributed by atoms with Crippen molar-refractivity contribution in [2.75, 3.05) is 7.11 Å². The molecule has 126 valence electrons. The lowest BCUT2D eigenvalue weighted by molar-refractivity contribution is 0.415. The van der Waals surface area contributed by atoms with Crippen LogP contribution in [0.3, 0.4) is 0 Å². The predicted octanol–water partition coefficient (Wildman–Crippen LogP) is 3.33. The molecule has 3 aromatic rings. The lowest BCUT2D eigenvalue weighted by atomic mass is 10.2. The van der Waals surface area contributed by atoms with Crippen LogP contribution in [0.5, 0.6) is 5.75 Å². The van der Waals surface area contributed by atoms with Gasteiger partial charge >= 0.3 is 0 Å². The first-order chi connectivity index (χ1) is 11.4. The van der Waals surface area contributed by atoms with Gasteiger partial charge in [0.25, 0.3) is 10.0 Å². The van der Waals surface area contributed by atoms with E-state index >= 15 is 0 Å². The molecule has 0 N–H and O–H groups in total. The van der Waals surface area contributed by atoms with Crippen LogP contribution in [0.1, 0.15) is 12.5 Å². The molecule has 0 aliphatic heterocycles. The van der Waals surface area contributed by atoms with Crippen molar-refractivity contribution in [1.29, 1.82) is 0 Å². The van der Waals surface area contributed by atoms with Gasteiger partial charge in [-0.2, -0.15) is 8.42 Å². The van der Waals surface area contributed by atoms with Crippen molar-refractivity contribution in [3.05, 3.63) is 52.8 Å². The highest BCUT2D eigenvalue weighted by Gasteiger charge is 2.14. The van der Waals surface area contributed by atoms with E-state index in [9.17, 15) is 8.42 Å². The first kappa shape index (κ1) is 16.7. The van der Waals surface area contributed by atoms with E-state index < -0.39 is 10.0 Å². The normalized spacial score (nSPS) is 12.7. The Morgan fingerprint density at radius 2 is 1.88 bits per heavy atom. The summed E-state index contributed by atoms with van der Waals surface area (Å²) >= 11 is 1.34. The fourth-order valence-corrected chi connectivity index (χ4v) is 4.75. The van der Waals surface area contributed by atoms with E-state index in [1.54, 1.807) is 31.4 Å². The van der Waals surface area contributed by atoms with E-state index in [0.717, 1.165) is 21.5 Å². The summed E-state index contributed by atoms with van der Waals surface area (Å²) < 4.78 is 37.3. The monoisotopic (exact) mass is 362 g/mol. The molecule has 0 spiro atoms. The van der Waals surface area contributed by atoms with E-state index in [0.29, 0.717) is 11.3 Å². The van der Waals surface area contributed by atoms with Gasteiger partial charge in [0.15, 0.2) is 0 Å². The number of benzene rings is 2. The number of hydrogen-bond acceptors (Lipinski definition) is 4. The third-order valence-corrected chi connectivity index (χ3v) is 6.16. The minimum Gasteiger partial charge on any atom is -0.497 e. The fraction of sp³-hybridized carbons (Fsp3) is 0.235. The van der Waals surface area contributed by atoms with Crippen LogP contribution in [-0.2, 0) is 16.6 Å². The van der Waals surface area contributed by atoms with Crippen LogP contribution in [0.15, 0.2) is 51.8 Å². The van der Waals surface area contributed by atoms with Gasteiger partial charge in [-0.3, -0.25) is 0 Å². The molecule has 2 aromatic carbocycles. The minimum atomic E-state index is -3.74. The van der Waals surface area contributed by atoms with Gasteiger partial charge in [0.1, 0.15) is 5.75 Å². The topological polar surface area (TPSA) is 60.7 Å². The molecule has 0 radical (unpaired) electrons. The van der Waals surface area contributed by atoms with Crippen LogP contribution in [0, 0.1) is 6.92 Å². The summed E-state index contributed by atoms with van der Waals surface area (Å²) in [7, 11) is -2.14. The molecule has 0 atom stereocenters. The highest BCUT2D eigenvalue weighted by atomic mass is 32.2. The van der Waals surface area contributed by atoms with Crippen LogP contribution in [0.25, 0.3) is 10.2 Å². The summed E-state index contributed by atoms with van der Waals surface area (Å²) in [6, 6.07) is 12.4. The number of thiazole rings is 1. The number of sulfonamides is 1. The minimum absolute atomic E-state index is 0.200. The Labute approximate surface area is 144 Å². The molecule has 0 aliphatic rings. The molecule has 24 heavy (non-hydrogen) atoms. The SMILES string of the molecule is CCn1c(=NS(=O)(=O)c2ccc(C)cc2)sc2cc(OC)ccc21. The highest BCUT2D eigenvalue weighted by Crippen LogP contribution is 2.23. The van der Waals surface area contributed by atoms with Crippen LogP contribution in [0.2, 0.25) is 0 Å².